The maximum Gasteiger partial charge on any atom is 0.295 e. The van der Waals surface area contributed by atoms with Crippen molar-refractivity contribution in [2.45, 2.75) is 39.7 Å². The zero-order valence-electron chi connectivity index (χ0n) is 17.4. The molecule has 1 atom stereocenters. The summed E-state index contributed by atoms with van der Waals surface area (Å²) in [4.78, 5) is 27.4. The van der Waals surface area contributed by atoms with Gasteiger partial charge in [-0.15, -0.1) is 0 Å². The Morgan fingerprint density at radius 1 is 1.14 bits per heavy atom. The zero-order chi connectivity index (χ0) is 21.1. The third-order valence-corrected chi connectivity index (χ3v) is 5.34. The van der Waals surface area contributed by atoms with Crippen molar-refractivity contribution in [2.24, 2.45) is 0 Å². The van der Waals surface area contributed by atoms with Crippen molar-refractivity contribution in [2.75, 3.05) is 13.7 Å². The molecule has 1 fully saturated rings. The summed E-state index contributed by atoms with van der Waals surface area (Å²) in [5.41, 5.74) is 3.30. The van der Waals surface area contributed by atoms with Crippen LogP contribution in [0, 0.1) is 13.8 Å². The van der Waals surface area contributed by atoms with Crippen LogP contribution in [0.25, 0.3) is 5.76 Å². The summed E-state index contributed by atoms with van der Waals surface area (Å²) < 4.78 is 5.23. The van der Waals surface area contributed by atoms with Crippen LogP contribution in [0.15, 0.2) is 48.0 Å². The van der Waals surface area contributed by atoms with E-state index in [0.717, 1.165) is 29.5 Å². The average molecular weight is 393 g/mol. The highest BCUT2D eigenvalue weighted by Gasteiger charge is 2.45. The first-order chi connectivity index (χ1) is 13.9. The third kappa shape index (κ3) is 3.90. The smallest absolute Gasteiger partial charge is 0.295 e. The van der Waals surface area contributed by atoms with Gasteiger partial charge in [-0.1, -0.05) is 43.2 Å². The Morgan fingerprint density at radius 3 is 2.52 bits per heavy atom. The first-order valence-corrected chi connectivity index (χ1v) is 9.89. The Balaban J connectivity index is 2.19. The number of Topliss-reactive ketones (excluding diaryl/α,β-unsaturated/α-hetero) is 1. The second kappa shape index (κ2) is 8.52. The molecule has 1 heterocycles. The number of ether oxygens (including phenoxy) is 1. The van der Waals surface area contributed by atoms with Gasteiger partial charge in [-0.25, -0.2) is 0 Å². The molecule has 1 amide bonds. The number of likely N-dealkylation sites (tertiary alicyclic amines) is 1. The SMILES string of the molecule is CCCCN1C(=O)C(=O)/C(=C(\O)c2ccc(OC)cc2C)C1c1cccc(C)c1. The standard InChI is InChI=1S/C24H27NO4/c1-5-6-12-25-21(17-9-7-8-15(2)13-17)20(23(27)24(25)28)22(26)19-11-10-18(29-4)14-16(19)3/h7-11,13-14,21,26H,5-6,12H2,1-4H3/b22-20-. The lowest BCUT2D eigenvalue weighted by molar-refractivity contribution is -0.139. The van der Waals surface area contributed by atoms with Gasteiger partial charge in [0.2, 0.25) is 0 Å². The molecule has 0 spiro atoms. The van der Waals surface area contributed by atoms with Gasteiger partial charge in [0.15, 0.2) is 0 Å². The number of carbonyl (C=O) groups excluding carboxylic acids is 2. The highest BCUT2D eigenvalue weighted by atomic mass is 16.5. The van der Waals surface area contributed by atoms with Crippen LogP contribution in [0.3, 0.4) is 0 Å². The Labute approximate surface area is 171 Å². The van der Waals surface area contributed by atoms with E-state index in [0.29, 0.717) is 17.9 Å². The van der Waals surface area contributed by atoms with Crippen molar-refractivity contribution in [3.63, 3.8) is 0 Å². The van der Waals surface area contributed by atoms with Gasteiger partial charge in [-0.3, -0.25) is 9.59 Å². The molecule has 152 valence electrons. The molecule has 5 heteroatoms. The molecule has 1 aliphatic rings. The van der Waals surface area contributed by atoms with Crippen LogP contribution in [0.1, 0.15) is 48.1 Å². The van der Waals surface area contributed by atoms with Crippen LogP contribution in [0.5, 0.6) is 5.75 Å². The number of methoxy groups -OCH3 is 1. The molecule has 0 aromatic heterocycles. The number of hydrogen-bond donors (Lipinski definition) is 1. The number of carbonyl (C=O) groups is 2. The van der Waals surface area contributed by atoms with Gasteiger partial charge < -0.3 is 14.7 Å². The molecular formula is C24H27NO4. The van der Waals surface area contributed by atoms with Crippen LogP contribution >= 0.6 is 0 Å². The number of aliphatic hydroxyl groups is 1. The largest absolute Gasteiger partial charge is 0.507 e. The van der Waals surface area contributed by atoms with E-state index < -0.39 is 17.7 Å². The topological polar surface area (TPSA) is 66.8 Å². The van der Waals surface area contributed by atoms with Crippen molar-refractivity contribution in [1.29, 1.82) is 0 Å². The van der Waals surface area contributed by atoms with Crippen LogP contribution in [-0.2, 0) is 9.59 Å². The molecule has 0 radical (unpaired) electrons. The quantitative estimate of drug-likeness (QED) is 0.445. The van der Waals surface area contributed by atoms with E-state index in [1.807, 2.05) is 45.0 Å². The van der Waals surface area contributed by atoms with Crippen molar-refractivity contribution >= 4 is 17.4 Å². The number of amides is 1. The fraction of sp³-hybridized carbons (Fsp3) is 0.333. The van der Waals surface area contributed by atoms with Gasteiger partial charge in [-0.05, 0) is 49.6 Å². The van der Waals surface area contributed by atoms with Gasteiger partial charge in [0.05, 0.1) is 18.7 Å². The minimum absolute atomic E-state index is 0.143. The van der Waals surface area contributed by atoms with Crippen LogP contribution in [0.2, 0.25) is 0 Å². The monoisotopic (exact) mass is 393 g/mol. The molecule has 5 nitrogen and oxygen atoms in total. The summed E-state index contributed by atoms with van der Waals surface area (Å²) in [5.74, 6) is -0.676. The second-order valence-corrected chi connectivity index (χ2v) is 7.44. The third-order valence-electron chi connectivity index (χ3n) is 5.34. The molecule has 0 bridgehead atoms. The summed E-state index contributed by atoms with van der Waals surface area (Å²) in [6, 6.07) is 12.4. The number of aryl methyl sites for hydroxylation is 2. The first kappa shape index (κ1) is 20.6. The van der Waals surface area contributed by atoms with Crippen molar-refractivity contribution in [3.05, 3.63) is 70.3 Å². The molecule has 0 saturated carbocycles. The average Bonchev–Trinajstić information content (AvgIpc) is 2.96. The van der Waals surface area contributed by atoms with E-state index in [1.54, 1.807) is 30.2 Å². The van der Waals surface area contributed by atoms with E-state index in [2.05, 4.69) is 0 Å². The lowest BCUT2D eigenvalue weighted by atomic mass is 9.93. The molecule has 1 aliphatic heterocycles. The Morgan fingerprint density at radius 2 is 1.90 bits per heavy atom. The van der Waals surface area contributed by atoms with Gasteiger partial charge >= 0.3 is 0 Å². The fourth-order valence-corrected chi connectivity index (χ4v) is 3.80. The summed E-state index contributed by atoms with van der Waals surface area (Å²) in [6.45, 7) is 6.32. The molecule has 1 saturated heterocycles. The lowest BCUT2D eigenvalue weighted by Gasteiger charge is -2.25. The predicted octanol–water partition coefficient (Wildman–Crippen LogP) is 4.53. The molecule has 29 heavy (non-hydrogen) atoms. The van der Waals surface area contributed by atoms with Gasteiger partial charge in [-0.2, -0.15) is 0 Å². The van der Waals surface area contributed by atoms with Crippen molar-refractivity contribution < 1.29 is 19.4 Å². The summed E-state index contributed by atoms with van der Waals surface area (Å²) in [5, 5.41) is 11.1. The molecule has 1 unspecified atom stereocenters. The Hall–Kier alpha value is -3.08. The number of unbranched alkanes of at least 4 members (excludes halogenated alkanes) is 1. The van der Waals surface area contributed by atoms with E-state index >= 15 is 0 Å². The normalized spacial score (nSPS) is 18.3. The van der Waals surface area contributed by atoms with Crippen LogP contribution < -0.4 is 4.74 Å². The van der Waals surface area contributed by atoms with E-state index in [4.69, 9.17) is 4.74 Å². The molecule has 0 aliphatic carbocycles. The summed E-state index contributed by atoms with van der Waals surface area (Å²) >= 11 is 0. The number of aliphatic hydroxyl groups excluding tert-OH is 1. The number of nitrogens with zero attached hydrogens (tertiary/aromatic N) is 1. The molecule has 2 aromatic carbocycles. The fourth-order valence-electron chi connectivity index (χ4n) is 3.80. The zero-order valence-corrected chi connectivity index (χ0v) is 17.4. The second-order valence-electron chi connectivity index (χ2n) is 7.44. The Kier molecular flexibility index (Phi) is 6.06. The van der Waals surface area contributed by atoms with E-state index in [9.17, 15) is 14.7 Å². The van der Waals surface area contributed by atoms with Crippen LogP contribution in [-0.4, -0.2) is 35.4 Å². The molecular weight excluding hydrogens is 366 g/mol. The van der Waals surface area contributed by atoms with Gasteiger partial charge in [0.1, 0.15) is 11.5 Å². The van der Waals surface area contributed by atoms with E-state index in [1.165, 1.54) is 0 Å². The predicted molar refractivity (Wildman–Crippen MR) is 113 cm³/mol. The maximum absolute atomic E-state index is 13.0. The minimum atomic E-state index is -0.639. The van der Waals surface area contributed by atoms with Crippen molar-refractivity contribution in [1.82, 2.24) is 4.90 Å². The molecule has 1 N–H and O–H groups in total. The first-order valence-electron chi connectivity index (χ1n) is 9.89. The highest BCUT2D eigenvalue weighted by molar-refractivity contribution is 6.46. The van der Waals surface area contributed by atoms with Gasteiger partial charge in [0, 0.05) is 12.1 Å². The molecule has 2 aromatic rings. The summed E-state index contributed by atoms with van der Waals surface area (Å²) in [6.07, 6.45) is 1.69. The number of hydrogen-bond acceptors (Lipinski definition) is 4. The van der Waals surface area contributed by atoms with Gasteiger partial charge in [0.25, 0.3) is 11.7 Å². The van der Waals surface area contributed by atoms with Crippen molar-refractivity contribution in [3.8, 4) is 5.75 Å². The summed E-state index contributed by atoms with van der Waals surface area (Å²) in [7, 11) is 1.57. The van der Waals surface area contributed by atoms with Crippen LogP contribution in [0.4, 0.5) is 0 Å². The maximum atomic E-state index is 13.0. The Bertz CT molecular complexity index is 977. The number of benzene rings is 2. The lowest BCUT2D eigenvalue weighted by Crippen LogP contribution is -2.30. The van der Waals surface area contributed by atoms with E-state index in [-0.39, 0.29) is 11.3 Å². The number of ketones is 1. The molecule has 3 rings (SSSR count). The highest BCUT2D eigenvalue weighted by Crippen LogP contribution is 2.40. The minimum Gasteiger partial charge on any atom is -0.507 e. The number of rotatable bonds is 6.